The molecule has 0 radical (unpaired) electrons. The van der Waals surface area contributed by atoms with Gasteiger partial charge in [0.2, 0.25) is 0 Å². The second-order valence-electron chi connectivity index (χ2n) is 8.32. The number of nitrogens with one attached hydrogen (secondary N) is 1. The largest absolute Gasteiger partial charge is 0.352 e. The summed E-state index contributed by atoms with van der Waals surface area (Å²) in [5, 5.41) is 4.41. The van der Waals surface area contributed by atoms with Gasteiger partial charge in [-0.2, -0.15) is 0 Å². The summed E-state index contributed by atoms with van der Waals surface area (Å²) in [6.07, 6.45) is 5.14. The number of pyridine rings is 1. The number of benzene rings is 1. The fourth-order valence-electron chi connectivity index (χ4n) is 4.80. The molecule has 3 aromatic rings. The highest BCUT2D eigenvalue weighted by molar-refractivity contribution is 7.80. The van der Waals surface area contributed by atoms with Gasteiger partial charge in [0.1, 0.15) is 0 Å². The van der Waals surface area contributed by atoms with Crippen LogP contribution in [0, 0.1) is 13.8 Å². The highest BCUT2D eigenvalue weighted by atomic mass is 32.1. The van der Waals surface area contributed by atoms with Crippen LogP contribution in [0.1, 0.15) is 67.0 Å². The zero-order valence-electron chi connectivity index (χ0n) is 18.9. The maximum atomic E-state index is 5.80. The van der Waals surface area contributed by atoms with E-state index >= 15 is 0 Å². The lowest BCUT2D eigenvalue weighted by Crippen LogP contribution is -2.30. The molecule has 0 amide bonds. The van der Waals surface area contributed by atoms with Gasteiger partial charge in [0.15, 0.2) is 5.11 Å². The number of hydrogen-bond acceptors (Lipinski definition) is 2. The van der Waals surface area contributed by atoms with Crippen molar-refractivity contribution < 1.29 is 0 Å². The van der Waals surface area contributed by atoms with E-state index in [9.17, 15) is 0 Å². The van der Waals surface area contributed by atoms with Crippen LogP contribution in [0.25, 0.3) is 5.69 Å². The Morgan fingerprint density at radius 1 is 1.06 bits per heavy atom. The molecule has 0 aliphatic carbocycles. The van der Waals surface area contributed by atoms with Gasteiger partial charge in [0, 0.05) is 29.8 Å². The van der Waals surface area contributed by atoms with Crippen molar-refractivity contribution in [1.82, 2.24) is 19.8 Å². The first kappa shape index (κ1) is 21.6. The third kappa shape index (κ3) is 3.99. The molecule has 31 heavy (non-hydrogen) atoms. The summed E-state index contributed by atoms with van der Waals surface area (Å²) in [7, 11) is 0. The molecule has 4 nitrogen and oxygen atoms in total. The van der Waals surface area contributed by atoms with Crippen molar-refractivity contribution in [3.63, 3.8) is 0 Å². The van der Waals surface area contributed by atoms with Crippen LogP contribution >= 0.6 is 12.2 Å². The number of thiocarbonyl (C=S) groups is 1. The summed E-state index contributed by atoms with van der Waals surface area (Å²) in [6, 6.07) is 17.3. The first-order valence-corrected chi connectivity index (χ1v) is 11.7. The summed E-state index contributed by atoms with van der Waals surface area (Å²) >= 11 is 5.80. The molecule has 1 aliphatic rings. The minimum Gasteiger partial charge on any atom is -0.352 e. The van der Waals surface area contributed by atoms with E-state index in [1.54, 1.807) is 0 Å². The van der Waals surface area contributed by atoms with E-state index < -0.39 is 0 Å². The Morgan fingerprint density at radius 2 is 1.84 bits per heavy atom. The summed E-state index contributed by atoms with van der Waals surface area (Å²) in [5.74, 6) is 0. The number of para-hydroxylation sites is 1. The van der Waals surface area contributed by atoms with E-state index in [0.29, 0.717) is 0 Å². The Balaban J connectivity index is 1.83. The molecular formula is C26H32N4S. The third-order valence-electron chi connectivity index (χ3n) is 6.35. The highest BCUT2D eigenvalue weighted by Gasteiger charge is 2.41. The zero-order chi connectivity index (χ0) is 22.0. The number of nitrogens with zero attached hydrogens (tertiary/aromatic N) is 3. The molecule has 4 rings (SSSR count). The number of hydrogen-bond donors (Lipinski definition) is 1. The van der Waals surface area contributed by atoms with Crippen LogP contribution < -0.4 is 5.32 Å². The summed E-state index contributed by atoms with van der Waals surface area (Å²) < 4.78 is 2.41. The first-order valence-electron chi connectivity index (χ1n) is 11.3. The lowest BCUT2D eigenvalue weighted by molar-refractivity contribution is 0.312. The van der Waals surface area contributed by atoms with Crippen LogP contribution in [0.2, 0.25) is 0 Å². The predicted molar refractivity (Wildman–Crippen MR) is 132 cm³/mol. The zero-order valence-corrected chi connectivity index (χ0v) is 19.7. The van der Waals surface area contributed by atoms with Crippen molar-refractivity contribution in [3.05, 3.63) is 82.9 Å². The van der Waals surface area contributed by atoms with Gasteiger partial charge in [-0.15, -0.1) is 0 Å². The van der Waals surface area contributed by atoms with Crippen LogP contribution in [0.4, 0.5) is 0 Å². The average molecular weight is 433 g/mol. The van der Waals surface area contributed by atoms with Crippen LogP contribution in [-0.4, -0.2) is 26.1 Å². The number of rotatable bonds is 7. The second-order valence-corrected chi connectivity index (χ2v) is 8.70. The van der Waals surface area contributed by atoms with E-state index in [-0.39, 0.29) is 12.1 Å². The molecule has 0 saturated carbocycles. The monoisotopic (exact) mass is 432 g/mol. The Kier molecular flexibility index (Phi) is 6.42. The lowest BCUT2D eigenvalue weighted by atomic mass is 9.96. The minimum atomic E-state index is 0.0425. The fourth-order valence-corrected chi connectivity index (χ4v) is 5.13. The Morgan fingerprint density at radius 3 is 2.55 bits per heavy atom. The molecule has 1 aromatic carbocycles. The molecular weight excluding hydrogens is 400 g/mol. The van der Waals surface area contributed by atoms with Gasteiger partial charge in [-0.25, -0.2) is 0 Å². The van der Waals surface area contributed by atoms with Crippen LogP contribution in [0.15, 0.2) is 54.7 Å². The Labute approximate surface area is 191 Å². The van der Waals surface area contributed by atoms with Gasteiger partial charge >= 0.3 is 0 Å². The van der Waals surface area contributed by atoms with Crippen molar-refractivity contribution in [2.45, 2.75) is 59.0 Å². The minimum absolute atomic E-state index is 0.0425. The molecule has 1 N–H and O–H groups in total. The van der Waals surface area contributed by atoms with Crippen molar-refractivity contribution in [2.24, 2.45) is 0 Å². The molecule has 2 atom stereocenters. The molecule has 2 aromatic heterocycles. The standard InChI is InChI=1S/C26H32N4S/c1-5-7-16-29-25(24(28-26(29)31)22-13-10-11-15-27-22)21-17-18(3)30(19(21)4)23-14-9-8-12-20(23)6-2/h8-15,17,24-25H,5-7,16H2,1-4H3,(H,28,31)/t24-,25+/m1/s1. The predicted octanol–water partition coefficient (Wildman–Crippen LogP) is 5.82. The summed E-state index contributed by atoms with van der Waals surface area (Å²) in [5.41, 5.74) is 7.52. The number of aromatic nitrogens is 2. The lowest BCUT2D eigenvalue weighted by Gasteiger charge is -2.28. The van der Waals surface area contributed by atoms with E-state index in [1.807, 2.05) is 12.3 Å². The molecule has 162 valence electrons. The molecule has 0 spiro atoms. The molecule has 0 unspecified atom stereocenters. The maximum absolute atomic E-state index is 5.80. The topological polar surface area (TPSA) is 33.1 Å². The Hall–Kier alpha value is -2.66. The van der Waals surface area contributed by atoms with Gasteiger partial charge in [-0.05, 0) is 74.3 Å². The quantitative estimate of drug-likeness (QED) is 0.477. The van der Waals surface area contributed by atoms with Gasteiger partial charge in [0.25, 0.3) is 0 Å². The van der Waals surface area contributed by atoms with Gasteiger partial charge in [-0.1, -0.05) is 44.5 Å². The molecule has 1 aliphatic heterocycles. The molecule has 0 bridgehead atoms. The van der Waals surface area contributed by atoms with Crippen LogP contribution in [0.3, 0.4) is 0 Å². The number of aryl methyl sites for hydroxylation is 2. The SMILES string of the molecule is CCCCN1C(=S)N[C@H](c2ccccn2)[C@@H]1c1cc(C)n(-c2ccccc2CC)c1C. The Bertz CT molecular complexity index is 1060. The van der Waals surface area contributed by atoms with Crippen LogP contribution in [-0.2, 0) is 6.42 Å². The van der Waals surface area contributed by atoms with Crippen molar-refractivity contribution in [3.8, 4) is 5.69 Å². The van der Waals surface area contributed by atoms with Crippen molar-refractivity contribution >= 4 is 17.3 Å². The molecule has 1 fully saturated rings. The summed E-state index contributed by atoms with van der Waals surface area (Å²) in [4.78, 5) is 7.05. The van der Waals surface area contributed by atoms with Crippen molar-refractivity contribution in [1.29, 1.82) is 0 Å². The highest BCUT2D eigenvalue weighted by Crippen LogP contribution is 2.41. The van der Waals surface area contributed by atoms with Crippen LogP contribution in [0.5, 0.6) is 0 Å². The molecule has 1 saturated heterocycles. The normalized spacial score (nSPS) is 18.5. The van der Waals surface area contributed by atoms with Gasteiger partial charge in [0.05, 0.1) is 17.8 Å². The molecule has 3 heterocycles. The third-order valence-corrected chi connectivity index (χ3v) is 6.71. The second kappa shape index (κ2) is 9.23. The smallest absolute Gasteiger partial charge is 0.170 e. The van der Waals surface area contributed by atoms with Crippen molar-refractivity contribution in [2.75, 3.05) is 6.54 Å². The van der Waals surface area contributed by atoms with Gasteiger partial charge in [-0.3, -0.25) is 4.98 Å². The maximum Gasteiger partial charge on any atom is 0.170 e. The average Bonchev–Trinajstić information content (AvgIpc) is 3.27. The van der Waals surface area contributed by atoms with E-state index in [0.717, 1.165) is 36.6 Å². The van der Waals surface area contributed by atoms with Gasteiger partial charge < -0.3 is 14.8 Å². The first-order chi connectivity index (χ1) is 15.1. The van der Waals surface area contributed by atoms with E-state index in [1.165, 1.54) is 28.2 Å². The molecule has 5 heteroatoms. The van der Waals surface area contributed by atoms with E-state index in [4.69, 9.17) is 12.2 Å². The fraction of sp³-hybridized carbons (Fsp3) is 0.385. The van der Waals surface area contributed by atoms with E-state index in [2.05, 4.69) is 89.9 Å². The number of unbranched alkanes of at least 4 members (excludes halogenated alkanes) is 1. The summed E-state index contributed by atoms with van der Waals surface area (Å²) in [6.45, 7) is 9.84.